The van der Waals surface area contributed by atoms with Crippen LogP contribution in [0.2, 0.25) is 0 Å². The van der Waals surface area contributed by atoms with Gasteiger partial charge < -0.3 is 25.2 Å². The maximum absolute atomic E-state index is 12.6. The Hall–Kier alpha value is -3.22. The van der Waals surface area contributed by atoms with Gasteiger partial charge in [0.05, 0.1) is 20.2 Å². The number of aliphatic imine (C=N–C) groups is 1. The summed E-state index contributed by atoms with van der Waals surface area (Å²) in [7, 11) is 1.65. The molecule has 1 heterocycles. The number of ether oxygens (including phenoxy) is 1. The average Bonchev–Trinajstić information content (AvgIpc) is 2.81. The lowest BCUT2D eigenvalue weighted by atomic mass is 10.2. The molecule has 7 nitrogen and oxygen atoms in total. The van der Waals surface area contributed by atoms with Gasteiger partial charge in [-0.05, 0) is 36.8 Å². The Morgan fingerprint density at radius 2 is 1.70 bits per heavy atom. The average molecular weight is 410 g/mol. The number of amides is 1. The second-order valence-electron chi connectivity index (χ2n) is 7.10. The van der Waals surface area contributed by atoms with Crippen molar-refractivity contribution in [2.45, 2.75) is 13.5 Å². The van der Waals surface area contributed by atoms with Gasteiger partial charge in [0.1, 0.15) is 5.75 Å². The molecule has 0 saturated carbocycles. The molecule has 1 fully saturated rings. The zero-order valence-electron chi connectivity index (χ0n) is 17.8. The molecule has 0 bridgehead atoms. The van der Waals surface area contributed by atoms with Crippen molar-refractivity contribution in [3.8, 4) is 5.75 Å². The largest absolute Gasteiger partial charge is 0.497 e. The number of hydrogen-bond acceptors (Lipinski definition) is 4. The number of methoxy groups -OCH3 is 1. The van der Waals surface area contributed by atoms with Crippen molar-refractivity contribution < 1.29 is 9.53 Å². The van der Waals surface area contributed by atoms with E-state index in [4.69, 9.17) is 4.74 Å². The van der Waals surface area contributed by atoms with Crippen LogP contribution in [0.25, 0.3) is 0 Å². The Bertz CT molecular complexity index is 815. The third kappa shape index (κ3) is 6.14. The van der Waals surface area contributed by atoms with Crippen molar-refractivity contribution in [1.82, 2.24) is 15.5 Å². The molecule has 0 unspecified atom stereocenters. The molecule has 2 aromatic rings. The highest BCUT2D eigenvalue weighted by Crippen LogP contribution is 2.15. The van der Waals surface area contributed by atoms with Gasteiger partial charge in [-0.2, -0.15) is 0 Å². The van der Waals surface area contributed by atoms with E-state index in [1.807, 2.05) is 54.3 Å². The highest BCUT2D eigenvalue weighted by Gasteiger charge is 2.21. The lowest BCUT2D eigenvalue weighted by Crippen LogP contribution is -2.52. The molecule has 30 heavy (non-hydrogen) atoms. The summed E-state index contributed by atoms with van der Waals surface area (Å²) in [6.07, 6.45) is 0. The second kappa shape index (κ2) is 11.1. The van der Waals surface area contributed by atoms with E-state index in [1.54, 1.807) is 7.11 Å². The summed E-state index contributed by atoms with van der Waals surface area (Å²) in [5.41, 5.74) is 2.29. The van der Waals surface area contributed by atoms with E-state index in [0.29, 0.717) is 12.5 Å². The van der Waals surface area contributed by atoms with Crippen LogP contribution in [-0.2, 0) is 11.3 Å². The van der Waals surface area contributed by atoms with Crippen molar-refractivity contribution in [2.75, 3.05) is 51.3 Å². The van der Waals surface area contributed by atoms with E-state index >= 15 is 0 Å². The van der Waals surface area contributed by atoms with Crippen molar-refractivity contribution in [3.63, 3.8) is 0 Å². The first-order valence-electron chi connectivity index (χ1n) is 10.4. The lowest BCUT2D eigenvalue weighted by molar-refractivity contribution is -0.130. The topological polar surface area (TPSA) is 69.2 Å². The molecule has 0 radical (unpaired) electrons. The lowest BCUT2D eigenvalue weighted by Gasteiger charge is -2.36. The maximum atomic E-state index is 12.6. The zero-order valence-corrected chi connectivity index (χ0v) is 17.8. The van der Waals surface area contributed by atoms with Gasteiger partial charge in [0, 0.05) is 38.4 Å². The number of para-hydroxylation sites is 1. The number of guanidine groups is 1. The first-order valence-corrected chi connectivity index (χ1v) is 10.4. The minimum absolute atomic E-state index is 0.0952. The van der Waals surface area contributed by atoms with Crippen LogP contribution in [0.15, 0.2) is 59.6 Å². The summed E-state index contributed by atoms with van der Waals surface area (Å²) in [4.78, 5) is 21.5. The fraction of sp³-hybridized carbons (Fsp3) is 0.391. The number of carbonyl (C=O) groups excluding carboxylic acids is 1. The standard InChI is InChI=1S/C23H31N5O2/c1-3-24-23(25-17-19-9-11-21(30-2)12-10-19)26-18-22(29)28-15-13-27(14-16-28)20-7-5-4-6-8-20/h4-12H,3,13-18H2,1-2H3,(H2,24,25,26). The van der Waals surface area contributed by atoms with Crippen LogP contribution in [0, 0.1) is 0 Å². The molecule has 2 N–H and O–H groups in total. The van der Waals surface area contributed by atoms with Gasteiger partial charge in [-0.3, -0.25) is 4.79 Å². The third-order valence-electron chi connectivity index (χ3n) is 5.08. The van der Waals surface area contributed by atoms with Crippen LogP contribution >= 0.6 is 0 Å². The summed E-state index contributed by atoms with van der Waals surface area (Å²) in [6.45, 7) is 6.67. The summed E-state index contributed by atoms with van der Waals surface area (Å²) in [5.74, 6) is 1.56. The van der Waals surface area contributed by atoms with E-state index in [0.717, 1.165) is 44.0 Å². The highest BCUT2D eigenvalue weighted by atomic mass is 16.5. The number of hydrogen-bond donors (Lipinski definition) is 2. The first kappa shape index (κ1) is 21.5. The van der Waals surface area contributed by atoms with Crippen LogP contribution in [0.3, 0.4) is 0 Å². The Balaban J connectivity index is 1.47. The van der Waals surface area contributed by atoms with Crippen molar-refractivity contribution in [3.05, 3.63) is 60.2 Å². The molecule has 1 saturated heterocycles. The molecule has 1 aliphatic heterocycles. The van der Waals surface area contributed by atoms with E-state index in [2.05, 4.69) is 32.7 Å². The minimum Gasteiger partial charge on any atom is -0.497 e. The summed E-state index contributed by atoms with van der Waals surface area (Å²) >= 11 is 0. The van der Waals surface area contributed by atoms with Crippen LogP contribution in [0.1, 0.15) is 12.5 Å². The molecule has 0 atom stereocenters. The number of piperazine rings is 1. The molecular formula is C23H31N5O2. The number of anilines is 1. The van der Waals surface area contributed by atoms with Crippen molar-refractivity contribution in [1.29, 1.82) is 0 Å². The number of nitrogens with one attached hydrogen (secondary N) is 2. The Morgan fingerprint density at radius 1 is 1.00 bits per heavy atom. The van der Waals surface area contributed by atoms with E-state index in [9.17, 15) is 4.79 Å². The van der Waals surface area contributed by atoms with Crippen LogP contribution in [0.5, 0.6) is 5.75 Å². The molecular weight excluding hydrogens is 378 g/mol. The maximum Gasteiger partial charge on any atom is 0.242 e. The van der Waals surface area contributed by atoms with E-state index < -0.39 is 0 Å². The summed E-state index contributed by atoms with van der Waals surface area (Å²) in [5, 5.41) is 6.36. The molecule has 1 aliphatic rings. The zero-order chi connectivity index (χ0) is 21.2. The van der Waals surface area contributed by atoms with E-state index in [-0.39, 0.29) is 12.5 Å². The molecule has 3 rings (SSSR count). The van der Waals surface area contributed by atoms with Gasteiger partial charge in [0.15, 0.2) is 5.96 Å². The fourth-order valence-corrected chi connectivity index (χ4v) is 3.37. The molecule has 160 valence electrons. The Kier molecular flexibility index (Phi) is 7.94. The number of nitrogens with zero attached hydrogens (tertiary/aromatic N) is 3. The van der Waals surface area contributed by atoms with Gasteiger partial charge in [-0.25, -0.2) is 4.99 Å². The number of benzene rings is 2. The molecule has 2 aromatic carbocycles. The van der Waals surface area contributed by atoms with Crippen LogP contribution < -0.4 is 20.3 Å². The predicted molar refractivity (Wildman–Crippen MR) is 121 cm³/mol. The van der Waals surface area contributed by atoms with Gasteiger partial charge in [0.2, 0.25) is 5.91 Å². The first-order chi connectivity index (χ1) is 14.7. The quantitative estimate of drug-likeness (QED) is 0.541. The molecule has 0 aliphatic carbocycles. The van der Waals surface area contributed by atoms with Gasteiger partial charge in [-0.1, -0.05) is 30.3 Å². The van der Waals surface area contributed by atoms with E-state index in [1.165, 1.54) is 5.69 Å². The Labute approximate surface area is 178 Å². The predicted octanol–water partition coefficient (Wildman–Crippen LogP) is 2.10. The molecule has 1 amide bonds. The third-order valence-corrected chi connectivity index (χ3v) is 5.08. The minimum atomic E-state index is 0.0952. The SMILES string of the molecule is CCNC(=NCc1ccc(OC)cc1)NCC(=O)N1CCN(c2ccccc2)CC1. The van der Waals surface area contributed by atoms with Crippen LogP contribution in [0.4, 0.5) is 5.69 Å². The molecule has 0 spiro atoms. The summed E-state index contributed by atoms with van der Waals surface area (Å²) in [6, 6.07) is 18.2. The van der Waals surface area contributed by atoms with Crippen LogP contribution in [-0.4, -0.2) is 63.1 Å². The summed E-state index contributed by atoms with van der Waals surface area (Å²) < 4.78 is 5.18. The smallest absolute Gasteiger partial charge is 0.242 e. The van der Waals surface area contributed by atoms with Gasteiger partial charge >= 0.3 is 0 Å². The molecule has 7 heteroatoms. The second-order valence-corrected chi connectivity index (χ2v) is 7.10. The number of carbonyl (C=O) groups is 1. The monoisotopic (exact) mass is 409 g/mol. The molecule has 0 aromatic heterocycles. The highest BCUT2D eigenvalue weighted by molar-refractivity contribution is 5.86. The van der Waals surface area contributed by atoms with Gasteiger partial charge in [0.25, 0.3) is 0 Å². The van der Waals surface area contributed by atoms with Crippen molar-refractivity contribution >= 4 is 17.6 Å². The number of rotatable bonds is 7. The van der Waals surface area contributed by atoms with Crippen molar-refractivity contribution in [2.24, 2.45) is 4.99 Å². The normalized spacial score (nSPS) is 14.4. The Morgan fingerprint density at radius 3 is 2.33 bits per heavy atom. The fourth-order valence-electron chi connectivity index (χ4n) is 3.37. The van der Waals surface area contributed by atoms with Gasteiger partial charge in [-0.15, -0.1) is 0 Å².